The minimum atomic E-state index is 0.316. The molecule has 2 saturated heterocycles. The van der Waals surface area contributed by atoms with Crippen LogP contribution in [0.1, 0.15) is 26.7 Å². The molecule has 2 heterocycles. The van der Waals surface area contributed by atoms with E-state index in [0.29, 0.717) is 24.7 Å². The molecule has 3 nitrogen and oxygen atoms in total. The first kappa shape index (κ1) is 10.1. The number of piperidine rings is 1. The van der Waals surface area contributed by atoms with E-state index in [9.17, 15) is 0 Å². The third-order valence-corrected chi connectivity index (χ3v) is 4.46. The zero-order chi connectivity index (χ0) is 10.6. The maximum absolute atomic E-state index is 9.10. The summed E-state index contributed by atoms with van der Waals surface area (Å²) < 4.78 is 5.89. The summed E-state index contributed by atoms with van der Waals surface area (Å²) in [5, 5.41) is 9.10. The highest BCUT2D eigenvalue weighted by Gasteiger charge is 2.62. The van der Waals surface area contributed by atoms with Crippen molar-refractivity contribution in [1.29, 1.82) is 0 Å². The van der Waals surface area contributed by atoms with Gasteiger partial charge in [0, 0.05) is 31.2 Å². The number of aliphatic hydroxyl groups is 1. The molecule has 3 heteroatoms. The fourth-order valence-electron chi connectivity index (χ4n) is 3.65. The van der Waals surface area contributed by atoms with Gasteiger partial charge in [0.15, 0.2) is 0 Å². The second kappa shape index (κ2) is 3.44. The first-order valence-corrected chi connectivity index (χ1v) is 6.22. The molecule has 0 aromatic rings. The molecule has 15 heavy (non-hydrogen) atoms. The molecule has 0 radical (unpaired) electrons. The maximum atomic E-state index is 9.10. The summed E-state index contributed by atoms with van der Waals surface area (Å²) in [6.07, 6.45) is 3.41. The van der Waals surface area contributed by atoms with Crippen molar-refractivity contribution >= 4 is 0 Å². The minimum absolute atomic E-state index is 0.316. The summed E-state index contributed by atoms with van der Waals surface area (Å²) in [5.74, 6) is 1.25. The van der Waals surface area contributed by atoms with Gasteiger partial charge in [0.1, 0.15) is 0 Å². The van der Waals surface area contributed by atoms with Crippen molar-refractivity contribution in [2.75, 3.05) is 13.2 Å². The molecule has 1 N–H and O–H groups in total. The Hall–Kier alpha value is -0.120. The van der Waals surface area contributed by atoms with Crippen molar-refractivity contribution in [2.24, 2.45) is 11.8 Å². The van der Waals surface area contributed by atoms with Crippen LogP contribution < -0.4 is 0 Å². The molecule has 0 amide bonds. The Kier molecular flexibility index (Phi) is 2.31. The number of hydrogen-bond acceptors (Lipinski definition) is 3. The summed E-state index contributed by atoms with van der Waals surface area (Å²) in [7, 11) is 0. The first-order chi connectivity index (χ1) is 7.20. The van der Waals surface area contributed by atoms with Gasteiger partial charge >= 0.3 is 0 Å². The molecule has 0 aromatic heterocycles. The second-order valence-corrected chi connectivity index (χ2v) is 5.65. The van der Waals surface area contributed by atoms with Gasteiger partial charge in [-0.3, -0.25) is 4.90 Å². The predicted molar refractivity (Wildman–Crippen MR) is 57.6 cm³/mol. The molecule has 0 spiro atoms. The average Bonchev–Trinajstić information content (AvgIpc) is 2.17. The van der Waals surface area contributed by atoms with E-state index in [-0.39, 0.29) is 0 Å². The van der Waals surface area contributed by atoms with Gasteiger partial charge in [0.2, 0.25) is 0 Å². The molecule has 5 unspecified atom stereocenters. The number of aliphatic hydroxyl groups excluding tert-OH is 1. The molecule has 86 valence electrons. The van der Waals surface area contributed by atoms with Gasteiger partial charge < -0.3 is 9.84 Å². The Balaban J connectivity index is 1.63. The topological polar surface area (TPSA) is 32.7 Å². The van der Waals surface area contributed by atoms with Crippen molar-refractivity contribution in [2.45, 2.75) is 51.0 Å². The molecule has 3 aliphatic rings. The van der Waals surface area contributed by atoms with Crippen LogP contribution in [-0.2, 0) is 4.74 Å². The van der Waals surface area contributed by atoms with E-state index in [1.807, 2.05) is 0 Å². The Morgan fingerprint density at radius 2 is 2.13 bits per heavy atom. The smallest absolute Gasteiger partial charge is 0.0651 e. The van der Waals surface area contributed by atoms with Gasteiger partial charge in [-0.05, 0) is 25.7 Å². The lowest BCUT2D eigenvalue weighted by atomic mass is 9.60. The molecule has 3 rings (SSSR count). The number of nitrogens with zero attached hydrogens (tertiary/aromatic N) is 1. The Labute approximate surface area is 91.4 Å². The summed E-state index contributed by atoms with van der Waals surface area (Å²) in [5.41, 5.74) is 0. The van der Waals surface area contributed by atoms with E-state index in [1.165, 1.54) is 12.8 Å². The second-order valence-electron chi connectivity index (χ2n) is 5.65. The normalized spacial score (nSPS) is 50.2. The van der Waals surface area contributed by atoms with Crippen LogP contribution in [-0.4, -0.2) is 47.4 Å². The number of likely N-dealkylation sites (tertiary alicyclic amines) is 1. The van der Waals surface area contributed by atoms with Gasteiger partial charge in [-0.25, -0.2) is 0 Å². The Morgan fingerprint density at radius 1 is 1.40 bits per heavy atom. The fourth-order valence-corrected chi connectivity index (χ4v) is 3.65. The zero-order valence-corrected chi connectivity index (χ0v) is 9.60. The van der Waals surface area contributed by atoms with Crippen molar-refractivity contribution in [3.05, 3.63) is 0 Å². The van der Waals surface area contributed by atoms with Gasteiger partial charge in [0.05, 0.1) is 12.2 Å². The van der Waals surface area contributed by atoms with Crippen molar-refractivity contribution in [3.8, 4) is 0 Å². The summed E-state index contributed by atoms with van der Waals surface area (Å²) in [6.45, 7) is 5.71. The third-order valence-electron chi connectivity index (χ3n) is 4.46. The lowest BCUT2D eigenvalue weighted by Crippen LogP contribution is -2.78. The third kappa shape index (κ3) is 1.37. The highest BCUT2D eigenvalue weighted by atomic mass is 16.5. The number of rotatable bonds is 3. The van der Waals surface area contributed by atoms with E-state index in [1.54, 1.807) is 0 Å². The summed E-state index contributed by atoms with van der Waals surface area (Å²) in [4.78, 5) is 2.61. The highest BCUT2D eigenvalue weighted by molar-refractivity contribution is 5.15. The predicted octanol–water partition coefficient (Wildman–Crippen LogP) is 0.865. The first-order valence-electron chi connectivity index (χ1n) is 6.22. The molecule has 6 atom stereocenters. The van der Waals surface area contributed by atoms with Crippen molar-refractivity contribution in [3.63, 3.8) is 0 Å². The van der Waals surface area contributed by atoms with Crippen LogP contribution in [0.15, 0.2) is 0 Å². The lowest BCUT2D eigenvalue weighted by molar-refractivity contribution is -0.269. The maximum Gasteiger partial charge on any atom is 0.0651 e. The number of ether oxygens (including phenoxy) is 1. The lowest BCUT2D eigenvalue weighted by Gasteiger charge is -2.69. The van der Waals surface area contributed by atoms with Gasteiger partial charge in [0.25, 0.3) is 0 Å². The minimum Gasteiger partial charge on any atom is -0.396 e. The van der Waals surface area contributed by atoms with Gasteiger partial charge in [-0.15, -0.1) is 0 Å². The molecule has 0 bridgehead atoms. The highest BCUT2D eigenvalue weighted by Crippen LogP contribution is 2.53. The average molecular weight is 211 g/mol. The van der Waals surface area contributed by atoms with E-state index in [2.05, 4.69) is 18.7 Å². The van der Waals surface area contributed by atoms with Crippen LogP contribution in [0.4, 0.5) is 0 Å². The Morgan fingerprint density at radius 3 is 2.87 bits per heavy atom. The zero-order valence-electron chi connectivity index (χ0n) is 9.60. The Bertz CT molecular complexity index is 258. The standard InChI is InChI=1S/C12H21NO2/c1-7(6-14)5-13-9-3-8(2)15-11-4-10(13)12(9)11/h7-12,14H,3-6H2,1-2H3/t7-,8?,9?,10?,11?,12?/m1/s1. The molecular formula is C12H21NO2. The summed E-state index contributed by atoms with van der Waals surface area (Å²) in [6, 6.07) is 1.54. The van der Waals surface area contributed by atoms with Crippen molar-refractivity contribution < 1.29 is 9.84 Å². The van der Waals surface area contributed by atoms with Gasteiger partial charge in [-0.1, -0.05) is 6.92 Å². The largest absolute Gasteiger partial charge is 0.396 e. The molecule has 2 aliphatic heterocycles. The van der Waals surface area contributed by atoms with E-state index in [0.717, 1.165) is 24.5 Å². The molecular weight excluding hydrogens is 190 g/mol. The molecule has 1 aliphatic carbocycles. The van der Waals surface area contributed by atoms with E-state index in [4.69, 9.17) is 9.84 Å². The fraction of sp³-hybridized carbons (Fsp3) is 1.00. The van der Waals surface area contributed by atoms with E-state index < -0.39 is 0 Å². The van der Waals surface area contributed by atoms with Crippen molar-refractivity contribution in [1.82, 2.24) is 4.90 Å². The van der Waals surface area contributed by atoms with Crippen LogP contribution in [0.2, 0.25) is 0 Å². The molecule has 0 aromatic carbocycles. The molecule has 3 fully saturated rings. The van der Waals surface area contributed by atoms with Gasteiger partial charge in [-0.2, -0.15) is 0 Å². The number of hydrogen-bond donors (Lipinski definition) is 1. The van der Waals surface area contributed by atoms with E-state index >= 15 is 0 Å². The monoisotopic (exact) mass is 211 g/mol. The van der Waals surface area contributed by atoms with Crippen LogP contribution in [0.5, 0.6) is 0 Å². The van der Waals surface area contributed by atoms with Crippen LogP contribution in [0.25, 0.3) is 0 Å². The van der Waals surface area contributed by atoms with Crippen LogP contribution in [0.3, 0.4) is 0 Å². The summed E-state index contributed by atoms with van der Waals surface area (Å²) >= 11 is 0. The van der Waals surface area contributed by atoms with Crippen LogP contribution >= 0.6 is 0 Å². The van der Waals surface area contributed by atoms with Crippen LogP contribution in [0, 0.1) is 11.8 Å². The SMILES string of the molecule is CC1CC2C3C(CC3N2C[C@@H](C)CO)O1. The quantitative estimate of drug-likeness (QED) is 0.751. The molecule has 1 saturated carbocycles.